The first kappa shape index (κ1) is 25.7. The van der Waals surface area contributed by atoms with E-state index < -0.39 is 26.0 Å². The first-order chi connectivity index (χ1) is 16.1. The van der Waals surface area contributed by atoms with Crippen LogP contribution in [0, 0.1) is 5.82 Å². The number of hydrogen-bond acceptors (Lipinski definition) is 6. The van der Waals surface area contributed by atoms with Gasteiger partial charge in [-0.05, 0) is 79.6 Å². The van der Waals surface area contributed by atoms with Crippen LogP contribution < -0.4 is 8.92 Å². The van der Waals surface area contributed by atoms with Crippen molar-refractivity contribution in [3.8, 4) is 11.5 Å². The molecule has 0 aliphatic rings. The Morgan fingerprint density at radius 1 is 0.824 bits per heavy atom. The Balaban J connectivity index is 1.80. The van der Waals surface area contributed by atoms with Gasteiger partial charge in [0, 0.05) is 12.6 Å². The molecule has 0 saturated carbocycles. The van der Waals surface area contributed by atoms with Gasteiger partial charge in [0.25, 0.3) is 0 Å². The van der Waals surface area contributed by atoms with E-state index in [1.807, 2.05) is 13.8 Å². The van der Waals surface area contributed by atoms with Crippen LogP contribution in [-0.2, 0) is 26.7 Å². The van der Waals surface area contributed by atoms with Crippen molar-refractivity contribution in [2.75, 3.05) is 7.11 Å². The summed E-state index contributed by atoms with van der Waals surface area (Å²) < 4.78 is 76.1. The first-order valence-electron chi connectivity index (χ1n) is 10.5. The lowest BCUT2D eigenvalue weighted by Crippen LogP contribution is -2.37. The van der Waals surface area contributed by atoms with Crippen LogP contribution in [0.5, 0.6) is 11.5 Å². The Kier molecular flexibility index (Phi) is 7.96. The van der Waals surface area contributed by atoms with E-state index in [1.54, 1.807) is 24.3 Å². The van der Waals surface area contributed by atoms with Crippen molar-refractivity contribution in [1.29, 1.82) is 0 Å². The molecule has 10 heteroatoms. The van der Waals surface area contributed by atoms with Gasteiger partial charge >= 0.3 is 10.1 Å². The quantitative estimate of drug-likeness (QED) is 0.373. The zero-order chi connectivity index (χ0) is 24.9. The predicted octanol–water partition coefficient (Wildman–Crippen LogP) is 4.59. The number of ether oxygens (including phenoxy) is 1. The molecule has 3 rings (SSSR count). The molecule has 0 bridgehead atoms. The second-order valence-electron chi connectivity index (χ2n) is 7.62. The van der Waals surface area contributed by atoms with Gasteiger partial charge in [0.2, 0.25) is 10.0 Å². The number of rotatable bonds is 10. The van der Waals surface area contributed by atoms with Crippen LogP contribution >= 0.6 is 0 Å². The maximum atomic E-state index is 13.3. The molecule has 3 aromatic carbocycles. The van der Waals surface area contributed by atoms with Crippen molar-refractivity contribution < 1.29 is 30.1 Å². The van der Waals surface area contributed by atoms with Crippen LogP contribution in [0.3, 0.4) is 0 Å². The lowest BCUT2D eigenvalue weighted by Gasteiger charge is -2.28. The molecule has 0 fully saturated rings. The zero-order valence-electron chi connectivity index (χ0n) is 19.0. The summed E-state index contributed by atoms with van der Waals surface area (Å²) in [6, 6.07) is 16.3. The van der Waals surface area contributed by atoms with Gasteiger partial charge in [0.15, 0.2) is 0 Å². The third kappa shape index (κ3) is 5.94. The highest BCUT2D eigenvalue weighted by Gasteiger charge is 2.28. The van der Waals surface area contributed by atoms with Crippen molar-refractivity contribution >= 4 is 20.1 Å². The number of halogens is 1. The number of hydrogen-bond donors (Lipinski definition) is 0. The maximum Gasteiger partial charge on any atom is 0.339 e. The normalized spacial score (nSPS) is 13.0. The van der Waals surface area contributed by atoms with Crippen molar-refractivity contribution in [1.82, 2.24) is 4.31 Å². The largest absolute Gasteiger partial charge is 0.497 e. The Morgan fingerprint density at radius 3 is 1.88 bits per heavy atom. The predicted molar refractivity (Wildman–Crippen MR) is 126 cm³/mol. The molecule has 0 amide bonds. The van der Waals surface area contributed by atoms with E-state index in [9.17, 15) is 21.2 Å². The van der Waals surface area contributed by atoms with Crippen LogP contribution in [0.25, 0.3) is 0 Å². The van der Waals surface area contributed by atoms with Gasteiger partial charge in [-0.1, -0.05) is 19.1 Å². The third-order valence-electron chi connectivity index (χ3n) is 5.32. The molecular weight excluding hydrogens is 481 g/mol. The average Bonchev–Trinajstić information content (AvgIpc) is 2.83. The maximum absolute atomic E-state index is 13.3. The van der Waals surface area contributed by atoms with E-state index in [1.165, 1.54) is 35.7 Å². The number of sulfonamides is 1. The van der Waals surface area contributed by atoms with Gasteiger partial charge in [-0.25, -0.2) is 12.8 Å². The van der Waals surface area contributed by atoms with Crippen molar-refractivity contribution in [2.24, 2.45) is 0 Å². The van der Waals surface area contributed by atoms with Gasteiger partial charge < -0.3 is 8.92 Å². The molecule has 0 aromatic heterocycles. The fraction of sp³-hybridized carbons (Fsp3) is 0.250. The molecule has 0 N–H and O–H groups in total. The second kappa shape index (κ2) is 10.5. The van der Waals surface area contributed by atoms with Gasteiger partial charge in [-0.3, -0.25) is 0 Å². The second-order valence-corrected chi connectivity index (χ2v) is 11.1. The molecule has 7 nitrogen and oxygen atoms in total. The Morgan fingerprint density at radius 2 is 1.35 bits per heavy atom. The molecule has 1 atom stereocenters. The highest BCUT2D eigenvalue weighted by atomic mass is 32.2. The zero-order valence-corrected chi connectivity index (χ0v) is 20.6. The summed E-state index contributed by atoms with van der Waals surface area (Å²) in [6.45, 7) is 3.82. The van der Waals surface area contributed by atoms with Crippen molar-refractivity contribution in [3.05, 3.63) is 84.2 Å². The fourth-order valence-electron chi connectivity index (χ4n) is 3.17. The van der Waals surface area contributed by atoms with Gasteiger partial charge in [0.05, 0.1) is 12.0 Å². The highest BCUT2D eigenvalue weighted by molar-refractivity contribution is 7.89. The van der Waals surface area contributed by atoms with Crippen molar-refractivity contribution in [3.63, 3.8) is 0 Å². The minimum absolute atomic E-state index is 0.0566. The Labute approximate surface area is 199 Å². The summed E-state index contributed by atoms with van der Waals surface area (Å²) in [6.07, 6.45) is 0.604. The van der Waals surface area contributed by atoms with Crippen LogP contribution in [0.1, 0.15) is 25.8 Å². The average molecular weight is 508 g/mol. The molecule has 0 spiro atoms. The third-order valence-corrected chi connectivity index (χ3v) is 8.55. The highest BCUT2D eigenvalue weighted by Crippen LogP contribution is 2.26. The van der Waals surface area contributed by atoms with E-state index in [4.69, 9.17) is 8.92 Å². The Bertz CT molecular complexity index is 1310. The minimum Gasteiger partial charge on any atom is -0.497 e. The molecule has 0 saturated heterocycles. The summed E-state index contributed by atoms with van der Waals surface area (Å²) >= 11 is 0. The molecule has 0 aliphatic heterocycles. The van der Waals surface area contributed by atoms with Gasteiger partial charge in [-0.15, -0.1) is 0 Å². The summed E-state index contributed by atoms with van der Waals surface area (Å²) in [5, 5.41) is 0. The molecular formula is C24H26FNO6S2. The van der Waals surface area contributed by atoms with Gasteiger partial charge in [0.1, 0.15) is 22.2 Å². The summed E-state index contributed by atoms with van der Waals surface area (Å²) in [5.74, 6) is 0.0557. The molecule has 3 aromatic rings. The van der Waals surface area contributed by atoms with E-state index in [2.05, 4.69) is 0 Å². The van der Waals surface area contributed by atoms with Crippen LogP contribution in [0.15, 0.2) is 82.6 Å². The minimum atomic E-state index is -4.13. The fourth-order valence-corrected chi connectivity index (χ4v) is 5.79. The lowest BCUT2D eigenvalue weighted by atomic mass is 10.2. The molecule has 182 valence electrons. The molecule has 0 heterocycles. The summed E-state index contributed by atoms with van der Waals surface area (Å²) in [5.41, 5.74) is 0.656. The molecule has 0 radical (unpaired) electrons. The monoisotopic (exact) mass is 507 g/mol. The number of nitrogens with zero attached hydrogens (tertiary/aromatic N) is 1. The number of methoxy groups -OCH3 is 1. The summed E-state index contributed by atoms with van der Waals surface area (Å²) in [7, 11) is -6.42. The van der Waals surface area contributed by atoms with Crippen LogP contribution in [0.2, 0.25) is 0 Å². The Hall–Kier alpha value is -2.95. The first-order valence-corrected chi connectivity index (χ1v) is 13.4. The molecule has 0 unspecified atom stereocenters. The van der Waals surface area contributed by atoms with Crippen LogP contribution in [-0.4, -0.2) is 34.3 Å². The molecule has 0 aliphatic carbocycles. The SMILES string of the molecule is CC[C@H](C)N(Cc1ccc(OS(=O)(=O)c2ccc(F)cc2)cc1)S(=O)(=O)c1ccc(OC)cc1. The van der Waals surface area contributed by atoms with E-state index in [0.29, 0.717) is 17.7 Å². The van der Waals surface area contributed by atoms with E-state index >= 15 is 0 Å². The molecule has 34 heavy (non-hydrogen) atoms. The van der Waals surface area contributed by atoms with Crippen molar-refractivity contribution in [2.45, 2.75) is 42.6 Å². The standard InChI is InChI=1S/C24H26FNO6S2/c1-4-18(2)26(33(27,28)23-15-11-21(31-3)12-16-23)17-19-5-9-22(10-6-19)32-34(29,30)24-13-7-20(25)8-14-24/h5-16,18H,4,17H2,1-3H3/t18-/m0/s1. The summed E-state index contributed by atoms with van der Waals surface area (Å²) in [4.78, 5) is -0.0227. The topological polar surface area (TPSA) is 90.0 Å². The smallest absolute Gasteiger partial charge is 0.339 e. The van der Waals surface area contributed by atoms with E-state index in [-0.39, 0.29) is 28.1 Å². The lowest BCUT2D eigenvalue weighted by molar-refractivity contribution is 0.323. The van der Waals surface area contributed by atoms with Gasteiger partial charge in [-0.2, -0.15) is 12.7 Å². The number of benzene rings is 3. The van der Waals surface area contributed by atoms with Crippen LogP contribution in [0.4, 0.5) is 4.39 Å². The van der Waals surface area contributed by atoms with E-state index in [0.717, 1.165) is 24.3 Å².